The molecule has 0 spiro atoms. The van der Waals surface area contributed by atoms with Crippen LogP contribution in [0, 0.1) is 5.82 Å². The van der Waals surface area contributed by atoms with Gasteiger partial charge in [0.15, 0.2) is 5.69 Å². The van der Waals surface area contributed by atoms with Crippen LogP contribution >= 0.6 is 0 Å². The minimum absolute atomic E-state index is 0.195. The molecule has 1 amide bonds. The minimum Gasteiger partial charge on any atom is -0.360 e. The molecule has 4 nitrogen and oxygen atoms in total. The zero-order valence-corrected chi connectivity index (χ0v) is 13.6. The van der Waals surface area contributed by atoms with Crippen LogP contribution in [0.4, 0.5) is 4.39 Å². The monoisotopic (exact) mass is 328 g/mol. The van der Waals surface area contributed by atoms with Crippen molar-refractivity contribution in [1.82, 2.24) is 10.5 Å². The van der Waals surface area contributed by atoms with E-state index in [1.54, 1.807) is 6.07 Å². The lowest BCUT2D eigenvalue weighted by atomic mass is 9.95. The summed E-state index contributed by atoms with van der Waals surface area (Å²) >= 11 is 0. The van der Waals surface area contributed by atoms with Gasteiger partial charge in [-0.3, -0.25) is 4.79 Å². The van der Waals surface area contributed by atoms with Crippen molar-refractivity contribution < 1.29 is 13.7 Å². The molecule has 1 aromatic carbocycles. The molecule has 0 atom stereocenters. The summed E-state index contributed by atoms with van der Waals surface area (Å²) in [6.07, 6.45) is 6.79. The fraction of sp³-hybridized carbons (Fsp3) is 0.474. The Labute approximate surface area is 140 Å². The van der Waals surface area contributed by atoms with Crippen molar-refractivity contribution in [2.24, 2.45) is 0 Å². The molecule has 24 heavy (non-hydrogen) atoms. The van der Waals surface area contributed by atoms with Crippen LogP contribution in [0.25, 0.3) is 0 Å². The molecule has 2 aliphatic carbocycles. The minimum atomic E-state index is -0.262. The van der Waals surface area contributed by atoms with Gasteiger partial charge in [-0.2, -0.15) is 0 Å². The van der Waals surface area contributed by atoms with E-state index in [4.69, 9.17) is 4.52 Å². The number of aryl methyl sites for hydroxylation is 1. The Morgan fingerprint density at radius 3 is 2.79 bits per heavy atom. The van der Waals surface area contributed by atoms with Crippen LogP contribution in [-0.4, -0.2) is 17.6 Å². The van der Waals surface area contributed by atoms with Crippen LogP contribution in [0.2, 0.25) is 0 Å². The number of hydrogen-bond acceptors (Lipinski definition) is 3. The van der Waals surface area contributed by atoms with Crippen molar-refractivity contribution in [3.8, 4) is 0 Å². The van der Waals surface area contributed by atoms with Gasteiger partial charge in [0.2, 0.25) is 0 Å². The molecule has 0 aliphatic heterocycles. The number of aromatic nitrogens is 1. The van der Waals surface area contributed by atoms with Crippen molar-refractivity contribution in [1.29, 1.82) is 0 Å². The Morgan fingerprint density at radius 1 is 1.21 bits per heavy atom. The zero-order valence-electron chi connectivity index (χ0n) is 13.6. The maximum Gasteiger partial charge on any atom is 0.273 e. The molecule has 0 bridgehead atoms. The number of hydrogen-bond donors (Lipinski definition) is 1. The van der Waals surface area contributed by atoms with Gasteiger partial charge in [-0.05, 0) is 43.7 Å². The van der Waals surface area contributed by atoms with Crippen LogP contribution in [0.3, 0.4) is 0 Å². The highest BCUT2D eigenvalue weighted by atomic mass is 19.1. The standard InChI is InChI=1S/C19H21FN2O2/c20-15-8-5-4-7-14(15)19(10-11-19)12-21-18(23)17-13-6-2-1-3-9-16(13)24-22-17/h4-5,7-8H,1-3,6,9-12H2,(H,21,23). The summed E-state index contributed by atoms with van der Waals surface area (Å²) in [5.41, 5.74) is 1.81. The van der Waals surface area contributed by atoms with Crippen molar-refractivity contribution in [3.63, 3.8) is 0 Å². The second-order valence-corrected chi connectivity index (χ2v) is 6.94. The van der Waals surface area contributed by atoms with Crippen molar-refractivity contribution in [2.75, 3.05) is 6.54 Å². The first-order valence-corrected chi connectivity index (χ1v) is 8.70. The van der Waals surface area contributed by atoms with E-state index < -0.39 is 0 Å². The van der Waals surface area contributed by atoms with E-state index in [1.807, 2.05) is 12.1 Å². The predicted molar refractivity (Wildman–Crippen MR) is 87.4 cm³/mol. The van der Waals surface area contributed by atoms with Crippen molar-refractivity contribution in [2.45, 2.75) is 50.4 Å². The van der Waals surface area contributed by atoms with E-state index in [2.05, 4.69) is 10.5 Å². The Hall–Kier alpha value is -2.17. The smallest absolute Gasteiger partial charge is 0.273 e. The Morgan fingerprint density at radius 2 is 2.00 bits per heavy atom. The number of nitrogens with one attached hydrogen (secondary N) is 1. The first kappa shape index (κ1) is 15.4. The van der Waals surface area contributed by atoms with E-state index in [0.717, 1.165) is 56.3 Å². The largest absolute Gasteiger partial charge is 0.360 e. The molecule has 5 heteroatoms. The molecule has 1 N–H and O–H groups in total. The maximum atomic E-state index is 14.1. The Balaban J connectivity index is 1.48. The third-order valence-corrected chi connectivity index (χ3v) is 5.30. The van der Waals surface area contributed by atoms with Gasteiger partial charge in [-0.15, -0.1) is 0 Å². The number of fused-ring (bicyclic) bond motifs is 1. The third kappa shape index (κ3) is 2.72. The van der Waals surface area contributed by atoms with Crippen LogP contribution < -0.4 is 5.32 Å². The number of carbonyl (C=O) groups excluding carboxylic acids is 1. The molecule has 2 aliphatic rings. The Bertz CT molecular complexity index is 764. The molecule has 126 valence electrons. The summed E-state index contributed by atoms with van der Waals surface area (Å²) in [5, 5.41) is 6.95. The lowest BCUT2D eigenvalue weighted by Crippen LogP contribution is -2.33. The second kappa shape index (κ2) is 6.04. The highest BCUT2D eigenvalue weighted by Crippen LogP contribution is 2.48. The number of benzene rings is 1. The number of amides is 1. The van der Waals surface area contributed by atoms with Crippen molar-refractivity contribution >= 4 is 5.91 Å². The normalized spacial score (nSPS) is 18.5. The van der Waals surface area contributed by atoms with Gasteiger partial charge < -0.3 is 9.84 Å². The summed E-state index contributed by atoms with van der Waals surface area (Å²) in [7, 11) is 0. The summed E-state index contributed by atoms with van der Waals surface area (Å²) in [4.78, 5) is 12.6. The molecule has 1 fully saturated rings. The van der Waals surface area contributed by atoms with Gasteiger partial charge in [-0.25, -0.2) is 4.39 Å². The van der Waals surface area contributed by atoms with E-state index >= 15 is 0 Å². The molecule has 1 saturated carbocycles. The van der Waals surface area contributed by atoms with Crippen molar-refractivity contribution in [3.05, 3.63) is 52.7 Å². The van der Waals surface area contributed by atoms with Crippen LogP contribution in [0.5, 0.6) is 0 Å². The summed E-state index contributed by atoms with van der Waals surface area (Å²) in [6, 6.07) is 6.83. The molecular formula is C19H21FN2O2. The SMILES string of the molecule is O=C(NCC1(c2ccccc2F)CC1)c1noc2c1CCCCC2. The van der Waals surface area contributed by atoms with Gasteiger partial charge in [0, 0.05) is 23.9 Å². The quantitative estimate of drug-likeness (QED) is 0.873. The molecule has 0 radical (unpaired) electrons. The molecule has 1 heterocycles. The van der Waals surface area contributed by atoms with E-state index in [-0.39, 0.29) is 17.1 Å². The number of nitrogens with zero attached hydrogens (tertiary/aromatic N) is 1. The van der Waals surface area contributed by atoms with Gasteiger partial charge in [-0.1, -0.05) is 29.8 Å². The molecular weight excluding hydrogens is 307 g/mol. The number of halogens is 1. The summed E-state index contributed by atoms with van der Waals surface area (Å²) in [5.74, 6) is 0.456. The second-order valence-electron chi connectivity index (χ2n) is 6.94. The third-order valence-electron chi connectivity index (χ3n) is 5.30. The topological polar surface area (TPSA) is 55.1 Å². The molecule has 2 aromatic rings. The first-order chi connectivity index (χ1) is 11.7. The molecule has 0 saturated heterocycles. The zero-order chi connectivity index (χ0) is 16.6. The van der Waals surface area contributed by atoms with E-state index in [1.165, 1.54) is 6.07 Å². The van der Waals surface area contributed by atoms with Gasteiger partial charge in [0.05, 0.1) is 0 Å². The van der Waals surface area contributed by atoms with E-state index in [9.17, 15) is 9.18 Å². The average molecular weight is 328 g/mol. The lowest BCUT2D eigenvalue weighted by Gasteiger charge is -2.17. The first-order valence-electron chi connectivity index (χ1n) is 8.70. The highest BCUT2D eigenvalue weighted by Gasteiger charge is 2.46. The molecule has 1 aromatic heterocycles. The van der Waals surface area contributed by atoms with Crippen LogP contribution in [0.1, 0.15) is 59.5 Å². The van der Waals surface area contributed by atoms with Crippen LogP contribution in [0.15, 0.2) is 28.8 Å². The lowest BCUT2D eigenvalue weighted by molar-refractivity contribution is 0.0939. The van der Waals surface area contributed by atoms with Crippen LogP contribution in [-0.2, 0) is 18.3 Å². The van der Waals surface area contributed by atoms with E-state index in [0.29, 0.717) is 17.8 Å². The Kier molecular flexibility index (Phi) is 3.87. The van der Waals surface area contributed by atoms with Gasteiger partial charge in [0.25, 0.3) is 5.91 Å². The average Bonchev–Trinajstić information content (AvgIpc) is 3.33. The highest BCUT2D eigenvalue weighted by molar-refractivity contribution is 5.93. The summed E-state index contributed by atoms with van der Waals surface area (Å²) in [6.45, 7) is 0.439. The van der Waals surface area contributed by atoms with Gasteiger partial charge in [0.1, 0.15) is 11.6 Å². The van der Waals surface area contributed by atoms with Gasteiger partial charge >= 0.3 is 0 Å². The fourth-order valence-electron chi connectivity index (χ4n) is 3.66. The molecule has 0 unspecified atom stereocenters. The maximum absolute atomic E-state index is 14.1. The number of rotatable bonds is 4. The fourth-order valence-corrected chi connectivity index (χ4v) is 3.66. The summed E-state index contributed by atoms with van der Waals surface area (Å²) < 4.78 is 19.4. The molecule has 4 rings (SSSR count). The predicted octanol–water partition coefficient (Wildman–Crippen LogP) is 3.54. The number of carbonyl (C=O) groups is 1.